The number of rotatable bonds is 6. The molecule has 0 aliphatic carbocycles. The molecule has 3 rings (SSSR count). The molecule has 9 heteroatoms. The van der Waals surface area contributed by atoms with E-state index in [2.05, 4.69) is 19.9 Å². The maximum absolute atomic E-state index is 14.1. The molecule has 8 nitrogen and oxygen atoms in total. The van der Waals surface area contributed by atoms with E-state index in [1.54, 1.807) is 6.20 Å². The van der Waals surface area contributed by atoms with Crippen LogP contribution in [0.1, 0.15) is 12.5 Å². The summed E-state index contributed by atoms with van der Waals surface area (Å²) in [5.41, 5.74) is 7.56. The summed E-state index contributed by atoms with van der Waals surface area (Å²) in [6.45, 7) is 1.46. The average molecular weight is 357 g/mol. The van der Waals surface area contributed by atoms with Crippen LogP contribution in [0.4, 0.5) is 4.39 Å². The van der Waals surface area contributed by atoms with Crippen molar-refractivity contribution in [1.29, 1.82) is 0 Å². The van der Waals surface area contributed by atoms with E-state index < -0.39 is 17.8 Å². The van der Waals surface area contributed by atoms with Crippen molar-refractivity contribution < 1.29 is 19.0 Å². The van der Waals surface area contributed by atoms with Crippen molar-refractivity contribution in [3.63, 3.8) is 0 Å². The lowest BCUT2D eigenvalue weighted by atomic mass is 10.2. The molecule has 0 spiro atoms. The Labute approximate surface area is 147 Å². The van der Waals surface area contributed by atoms with Gasteiger partial charge < -0.3 is 20.6 Å². The molecule has 1 amide bonds. The molecule has 0 radical (unpaired) electrons. The lowest BCUT2D eigenvalue weighted by molar-refractivity contribution is -0.113. The Morgan fingerprint density at radius 1 is 1.46 bits per heavy atom. The van der Waals surface area contributed by atoms with Gasteiger partial charge in [-0.05, 0) is 19.1 Å². The zero-order chi connectivity index (χ0) is 18.7. The third-order valence-electron chi connectivity index (χ3n) is 3.40. The van der Waals surface area contributed by atoms with Crippen molar-refractivity contribution in [2.24, 2.45) is 5.73 Å². The number of hydrogen-bond acceptors (Lipinski definition) is 6. The number of amides is 1. The van der Waals surface area contributed by atoms with Crippen LogP contribution < -0.4 is 10.5 Å². The first kappa shape index (κ1) is 17.5. The van der Waals surface area contributed by atoms with E-state index in [9.17, 15) is 14.3 Å². The Hall–Kier alpha value is -3.33. The largest absolute Gasteiger partial charge is 0.473 e. The predicted molar refractivity (Wildman–Crippen MR) is 92.5 cm³/mol. The molecule has 0 aromatic carbocycles. The molecule has 0 bridgehead atoms. The summed E-state index contributed by atoms with van der Waals surface area (Å²) in [5, 5.41) is 9.19. The van der Waals surface area contributed by atoms with Crippen molar-refractivity contribution in [2.45, 2.75) is 13.0 Å². The van der Waals surface area contributed by atoms with Crippen LogP contribution in [0.15, 0.2) is 30.7 Å². The minimum atomic E-state index is -0.732. The van der Waals surface area contributed by atoms with Gasteiger partial charge in [0, 0.05) is 29.6 Å². The van der Waals surface area contributed by atoms with Gasteiger partial charge in [0.2, 0.25) is 11.8 Å². The van der Waals surface area contributed by atoms with Crippen molar-refractivity contribution in [1.82, 2.24) is 19.9 Å². The van der Waals surface area contributed by atoms with Gasteiger partial charge in [0.05, 0.1) is 18.0 Å². The van der Waals surface area contributed by atoms with Crippen molar-refractivity contribution in [3.05, 3.63) is 42.1 Å². The van der Waals surface area contributed by atoms with E-state index >= 15 is 0 Å². The Morgan fingerprint density at radius 3 is 2.96 bits per heavy atom. The molecule has 1 atom stereocenters. The lowest BCUT2D eigenvalue weighted by Crippen LogP contribution is -2.14. The second-order valence-electron chi connectivity index (χ2n) is 5.60. The SMILES string of the molecule is CC(O)COc1ncc(-c2cnc3[nH]cc(C=CC(N)=O)c3n2)cc1F. The van der Waals surface area contributed by atoms with Crippen molar-refractivity contribution in [3.8, 4) is 17.1 Å². The van der Waals surface area contributed by atoms with E-state index in [4.69, 9.17) is 10.5 Å². The quantitative estimate of drug-likeness (QED) is 0.573. The Bertz CT molecular complexity index is 984. The topological polar surface area (TPSA) is 127 Å². The summed E-state index contributed by atoms with van der Waals surface area (Å²) in [6, 6.07) is 1.23. The molecule has 0 aliphatic heterocycles. The number of nitrogens with zero attached hydrogens (tertiary/aromatic N) is 3. The van der Waals surface area contributed by atoms with Gasteiger partial charge in [0.25, 0.3) is 0 Å². The highest BCUT2D eigenvalue weighted by atomic mass is 19.1. The number of fused-ring (bicyclic) bond motifs is 1. The highest BCUT2D eigenvalue weighted by molar-refractivity contribution is 5.93. The summed E-state index contributed by atoms with van der Waals surface area (Å²) in [7, 11) is 0. The summed E-state index contributed by atoms with van der Waals surface area (Å²) in [4.78, 5) is 26.4. The van der Waals surface area contributed by atoms with Crippen molar-refractivity contribution in [2.75, 3.05) is 6.61 Å². The van der Waals surface area contributed by atoms with Gasteiger partial charge >= 0.3 is 0 Å². The fourth-order valence-electron chi connectivity index (χ4n) is 2.22. The second-order valence-corrected chi connectivity index (χ2v) is 5.60. The number of H-pyrrole nitrogens is 1. The van der Waals surface area contributed by atoms with Crippen LogP contribution in [0.2, 0.25) is 0 Å². The number of primary amides is 1. The summed E-state index contributed by atoms with van der Waals surface area (Å²) < 4.78 is 19.2. The molecule has 26 heavy (non-hydrogen) atoms. The monoisotopic (exact) mass is 357 g/mol. The number of aromatic amines is 1. The number of halogens is 1. The maximum atomic E-state index is 14.1. The summed E-state index contributed by atoms with van der Waals surface area (Å²) in [5.74, 6) is -1.45. The number of aliphatic hydroxyl groups excluding tert-OH is 1. The molecule has 3 aromatic heterocycles. The Kier molecular flexibility index (Phi) is 4.90. The molecule has 0 fully saturated rings. The molecule has 1 unspecified atom stereocenters. The van der Waals surface area contributed by atoms with E-state index in [0.29, 0.717) is 28.0 Å². The van der Waals surface area contributed by atoms with Crippen LogP contribution >= 0.6 is 0 Å². The first-order valence-corrected chi connectivity index (χ1v) is 7.72. The molecule has 0 saturated carbocycles. The third kappa shape index (κ3) is 3.83. The van der Waals surface area contributed by atoms with Gasteiger partial charge in [-0.15, -0.1) is 0 Å². The number of aliphatic hydroxyl groups is 1. The van der Waals surface area contributed by atoms with Gasteiger partial charge in [0.15, 0.2) is 11.5 Å². The number of nitrogens with one attached hydrogen (secondary N) is 1. The Balaban J connectivity index is 1.93. The number of carbonyl (C=O) groups excluding carboxylic acids is 1. The summed E-state index contributed by atoms with van der Waals surface area (Å²) in [6.07, 6.45) is 6.52. The van der Waals surface area contributed by atoms with Gasteiger partial charge in [-0.3, -0.25) is 4.79 Å². The predicted octanol–water partition coefficient (Wildman–Crippen LogP) is 1.42. The Morgan fingerprint density at radius 2 is 2.27 bits per heavy atom. The first-order chi connectivity index (χ1) is 12.4. The average Bonchev–Trinajstić information content (AvgIpc) is 3.01. The molecule has 0 aliphatic rings. The van der Waals surface area contributed by atoms with E-state index in [1.807, 2.05) is 0 Å². The smallest absolute Gasteiger partial charge is 0.250 e. The van der Waals surface area contributed by atoms with Gasteiger partial charge in [-0.2, -0.15) is 0 Å². The lowest BCUT2D eigenvalue weighted by Gasteiger charge is -2.08. The van der Waals surface area contributed by atoms with Crippen LogP contribution in [0.25, 0.3) is 28.5 Å². The van der Waals surface area contributed by atoms with Gasteiger partial charge in [-0.25, -0.2) is 19.3 Å². The molecule has 3 aromatic rings. The fourth-order valence-corrected chi connectivity index (χ4v) is 2.22. The molecule has 0 saturated heterocycles. The number of ether oxygens (including phenoxy) is 1. The summed E-state index contributed by atoms with van der Waals surface area (Å²) >= 11 is 0. The van der Waals surface area contributed by atoms with Crippen LogP contribution in [0.5, 0.6) is 5.88 Å². The van der Waals surface area contributed by atoms with E-state index in [0.717, 1.165) is 0 Å². The molecular weight excluding hydrogens is 341 g/mol. The number of carbonyl (C=O) groups is 1. The van der Waals surface area contributed by atoms with Crippen LogP contribution in [-0.4, -0.2) is 43.7 Å². The maximum Gasteiger partial charge on any atom is 0.250 e. The number of aromatic nitrogens is 4. The van der Waals surface area contributed by atoms with Crippen molar-refractivity contribution >= 4 is 23.1 Å². The number of pyridine rings is 1. The second kappa shape index (κ2) is 7.28. The molecular formula is C17H16FN5O3. The van der Waals surface area contributed by atoms with E-state index in [1.165, 1.54) is 37.5 Å². The van der Waals surface area contributed by atoms with E-state index in [-0.39, 0.29) is 12.5 Å². The number of hydrogen-bond donors (Lipinski definition) is 3. The fraction of sp³-hybridized carbons (Fsp3) is 0.176. The molecule has 4 N–H and O–H groups in total. The first-order valence-electron chi connectivity index (χ1n) is 7.72. The number of nitrogens with two attached hydrogens (primary N) is 1. The minimum Gasteiger partial charge on any atom is -0.473 e. The van der Waals surface area contributed by atoms with Gasteiger partial charge in [0.1, 0.15) is 12.1 Å². The van der Waals surface area contributed by atoms with Crippen LogP contribution in [0, 0.1) is 5.82 Å². The highest BCUT2D eigenvalue weighted by Crippen LogP contribution is 2.24. The van der Waals surface area contributed by atoms with Crippen LogP contribution in [0.3, 0.4) is 0 Å². The zero-order valence-corrected chi connectivity index (χ0v) is 13.8. The standard InChI is InChI=1S/C17H16FN5O3/c1-9(24)8-26-17-12(18)4-11(6-22-17)13-7-21-16-15(23-13)10(5-20-16)2-3-14(19)25/h2-7,9,24H,8H2,1H3,(H2,19,25)(H,20,21). The zero-order valence-electron chi connectivity index (χ0n) is 13.8. The van der Waals surface area contributed by atoms with Crippen LogP contribution in [-0.2, 0) is 4.79 Å². The van der Waals surface area contributed by atoms with Gasteiger partial charge in [-0.1, -0.05) is 0 Å². The normalized spacial score (nSPS) is 12.6. The molecule has 134 valence electrons. The highest BCUT2D eigenvalue weighted by Gasteiger charge is 2.12. The minimum absolute atomic E-state index is 0.0616. The third-order valence-corrected chi connectivity index (χ3v) is 3.40. The molecule has 3 heterocycles.